The first-order valence-electron chi connectivity index (χ1n) is 4.91. The predicted octanol–water partition coefficient (Wildman–Crippen LogP) is 1.15. The Labute approximate surface area is 85.7 Å². The zero-order valence-corrected chi connectivity index (χ0v) is 9.70. The number of anilines is 1. The van der Waals surface area contributed by atoms with E-state index in [4.69, 9.17) is 5.73 Å². The summed E-state index contributed by atoms with van der Waals surface area (Å²) in [7, 11) is 3.97. The van der Waals surface area contributed by atoms with Crippen LogP contribution < -0.4 is 5.73 Å². The van der Waals surface area contributed by atoms with Crippen molar-refractivity contribution in [1.29, 1.82) is 0 Å². The van der Waals surface area contributed by atoms with E-state index in [-0.39, 0.29) is 0 Å². The van der Waals surface area contributed by atoms with Crippen molar-refractivity contribution in [1.82, 2.24) is 14.7 Å². The van der Waals surface area contributed by atoms with Gasteiger partial charge >= 0.3 is 0 Å². The Bertz CT molecular complexity index is 314. The molecule has 1 aromatic rings. The second kappa shape index (κ2) is 4.00. The standard InChI is InChI=1S/C10H20N4/c1-7(2)13(4)6-9-8(3)12-14(5)10(9)11/h7H,6,11H2,1-5H3. The molecule has 1 heterocycles. The van der Waals surface area contributed by atoms with E-state index < -0.39 is 0 Å². The quantitative estimate of drug-likeness (QED) is 0.789. The van der Waals surface area contributed by atoms with Crippen LogP contribution in [0.4, 0.5) is 5.82 Å². The summed E-state index contributed by atoms with van der Waals surface area (Å²) in [6, 6.07) is 0.522. The third kappa shape index (κ3) is 2.07. The van der Waals surface area contributed by atoms with Gasteiger partial charge in [0.15, 0.2) is 0 Å². The van der Waals surface area contributed by atoms with Crippen LogP contribution in [0.3, 0.4) is 0 Å². The molecule has 4 nitrogen and oxygen atoms in total. The Morgan fingerprint density at radius 1 is 1.50 bits per heavy atom. The topological polar surface area (TPSA) is 47.1 Å². The molecule has 0 amide bonds. The Hall–Kier alpha value is -1.03. The van der Waals surface area contributed by atoms with Crippen LogP contribution in [-0.2, 0) is 13.6 Å². The lowest BCUT2D eigenvalue weighted by molar-refractivity contribution is 0.266. The SMILES string of the molecule is Cc1nn(C)c(N)c1CN(C)C(C)C. The number of rotatable bonds is 3. The Kier molecular flexibility index (Phi) is 3.16. The maximum Gasteiger partial charge on any atom is 0.126 e. The largest absolute Gasteiger partial charge is 0.384 e. The van der Waals surface area contributed by atoms with Gasteiger partial charge in [0, 0.05) is 25.2 Å². The molecule has 2 N–H and O–H groups in total. The van der Waals surface area contributed by atoms with Crippen LogP contribution in [0.5, 0.6) is 0 Å². The van der Waals surface area contributed by atoms with E-state index in [2.05, 4.69) is 30.9 Å². The minimum absolute atomic E-state index is 0.522. The van der Waals surface area contributed by atoms with Crippen LogP contribution >= 0.6 is 0 Å². The maximum atomic E-state index is 5.93. The monoisotopic (exact) mass is 196 g/mol. The van der Waals surface area contributed by atoms with Gasteiger partial charge in [0.05, 0.1) is 5.69 Å². The number of nitrogen functional groups attached to an aromatic ring is 1. The van der Waals surface area contributed by atoms with Crippen LogP contribution in [0.15, 0.2) is 0 Å². The van der Waals surface area contributed by atoms with Crippen molar-refractivity contribution in [3.63, 3.8) is 0 Å². The Morgan fingerprint density at radius 3 is 2.43 bits per heavy atom. The summed E-state index contributed by atoms with van der Waals surface area (Å²) in [5.41, 5.74) is 8.09. The van der Waals surface area contributed by atoms with Crippen molar-refractivity contribution >= 4 is 5.82 Å². The van der Waals surface area contributed by atoms with Gasteiger partial charge in [-0.2, -0.15) is 5.10 Å². The van der Waals surface area contributed by atoms with E-state index in [0.717, 1.165) is 23.6 Å². The van der Waals surface area contributed by atoms with Gasteiger partial charge in [-0.15, -0.1) is 0 Å². The van der Waals surface area contributed by atoms with Gasteiger partial charge in [-0.05, 0) is 27.8 Å². The molecule has 0 saturated carbocycles. The molecule has 0 aliphatic heterocycles. The molecule has 0 aromatic carbocycles. The highest BCUT2D eigenvalue weighted by Gasteiger charge is 2.13. The van der Waals surface area contributed by atoms with E-state index in [1.165, 1.54) is 0 Å². The molecule has 80 valence electrons. The van der Waals surface area contributed by atoms with Crippen molar-refractivity contribution in [2.75, 3.05) is 12.8 Å². The highest BCUT2D eigenvalue weighted by Crippen LogP contribution is 2.17. The van der Waals surface area contributed by atoms with Crippen LogP contribution in [0.2, 0.25) is 0 Å². The first-order chi connectivity index (χ1) is 6.43. The molecule has 4 heteroatoms. The van der Waals surface area contributed by atoms with Gasteiger partial charge in [0.25, 0.3) is 0 Å². The van der Waals surface area contributed by atoms with E-state index >= 15 is 0 Å². The Balaban J connectivity index is 2.86. The van der Waals surface area contributed by atoms with Gasteiger partial charge in [0.1, 0.15) is 5.82 Å². The molecular formula is C10H20N4. The van der Waals surface area contributed by atoms with E-state index in [1.807, 2.05) is 14.0 Å². The second-order valence-corrected chi connectivity index (χ2v) is 4.08. The van der Waals surface area contributed by atoms with Gasteiger partial charge in [-0.25, -0.2) is 0 Å². The summed E-state index contributed by atoms with van der Waals surface area (Å²) in [6.45, 7) is 7.20. The molecule has 1 rings (SSSR count). The molecule has 0 atom stereocenters. The molecule has 0 spiro atoms. The lowest BCUT2D eigenvalue weighted by Crippen LogP contribution is -2.26. The minimum atomic E-state index is 0.522. The first-order valence-corrected chi connectivity index (χ1v) is 4.91. The van der Waals surface area contributed by atoms with Gasteiger partial charge in [0.2, 0.25) is 0 Å². The number of nitrogens with zero attached hydrogens (tertiary/aromatic N) is 3. The van der Waals surface area contributed by atoms with E-state index in [0.29, 0.717) is 6.04 Å². The zero-order chi connectivity index (χ0) is 10.9. The summed E-state index contributed by atoms with van der Waals surface area (Å²) in [5.74, 6) is 0.773. The minimum Gasteiger partial charge on any atom is -0.384 e. The van der Waals surface area contributed by atoms with Crippen LogP contribution in [0, 0.1) is 6.92 Å². The van der Waals surface area contributed by atoms with Crippen molar-refractivity contribution in [3.05, 3.63) is 11.3 Å². The lowest BCUT2D eigenvalue weighted by atomic mass is 10.2. The fourth-order valence-corrected chi connectivity index (χ4v) is 1.35. The molecule has 0 aliphatic rings. The number of hydrogen-bond donors (Lipinski definition) is 1. The number of hydrogen-bond acceptors (Lipinski definition) is 3. The van der Waals surface area contributed by atoms with Gasteiger partial charge < -0.3 is 5.73 Å². The fraction of sp³-hybridized carbons (Fsp3) is 0.700. The van der Waals surface area contributed by atoms with Gasteiger partial charge in [-0.1, -0.05) is 0 Å². The smallest absolute Gasteiger partial charge is 0.126 e. The first kappa shape index (κ1) is 11.0. The third-order valence-electron chi connectivity index (χ3n) is 2.68. The molecule has 14 heavy (non-hydrogen) atoms. The molecule has 0 aliphatic carbocycles. The average Bonchev–Trinajstić information content (AvgIpc) is 2.32. The molecule has 0 bridgehead atoms. The number of aryl methyl sites for hydroxylation is 2. The predicted molar refractivity (Wildman–Crippen MR) is 59.0 cm³/mol. The van der Waals surface area contributed by atoms with E-state index in [9.17, 15) is 0 Å². The molecule has 0 fully saturated rings. The summed E-state index contributed by atoms with van der Waals surface area (Å²) in [4.78, 5) is 2.25. The normalized spacial score (nSPS) is 11.6. The Morgan fingerprint density at radius 2 is 2.07 bits per heavy atom. The number of nitrogens with two attached hydrogens (primary N) is 1. The van der Waals surface area contributed by atoms with Crippen molar-refractivity contribution in [3.8, 4) is 0 Å². The third-order valence-corrected chi connectivity index (χ3v) is 2.68. The van der Waals surface area contributed by atoms with Crippen molar-refractivity contribution in [2.24, 2.45) is 7.05 Å². The van der Waals surface area contributed by atoms with Crippen LogP contribution in [0.25, 0.3) is 0 Å². The molecule has 0 saturated heterocycles. The molecular weight excluding hydrogens is 176 g/mol. The average molecular weight is 196 g/mol. The van der Waals surface area contributed by atoms with Crippen molar-refractivity contribution < 1.29 is 0 Å². The number of aromatic nitrogens is 2. The summed E-state index contributed by atoms with van der Waals surface area (Å²) < 4.78 is 1.73. The fourth-order valence-electron chi connectivity index (χ4n) is 1.35. The highest BCUT2D eigenvalue weighted by molar-refractivity contribution is 5.42. The second-order valence-electron chi connectivity index (χ2n) is 4.08. The maximum absolute atomic E-state index is 5.93. The van der Waals surface area contributed by atoms with Gasteiger partial charge in [-0.3, -0.25) is 9.58 Å². The van der Waals surface area contributed by atoms with E-state index in [1.54, 1.807) is 4.68 Å². The zero-order valence-electron chi connectivity index (χ0n) is 9.70. The molecule has 0 radical (unpaired) electrons. The molecule has 1 aromatic heterocycles. The summed E-state index contributed by atoms with van der Waals surface area (Å²) >= 11 is 0. The van der Waals surface area contributed by atoms with Crippen LogP contribution in [0.1, 0.15) is 25.1 Å². The lowest BCUT2D eigenvalue weighted by Gasteiger charge is -2.20. The molecule has 0 unspecified atom stereocenters. The summed E-state index contributed by atoms with van der Waals surface area (Å²) in [6.07, 6.45) is 0. The van der Waals surface area contributed by atoms with Crippen LogP contribution in [-0.4, -0.2) is 27.8 Å². The van der Waals surface area contributed by atoms with Crippen molar-refractivity contribution in [2.45, 2.75) is 33.4 Å². The summed E-state index contributed by atoms with van der Waals surface area (Å²) in [5, 5.41) is 4.29. The highest BCUT2D eigenvalue weighted by atomic mass is 15.3.